The van der Waals surface area contributed by atoms with Crippen LogP contribution in [0.15, 0.2) is 29.3 Å². The lowest BCUT2D eigenvalue weighted by molar-refractivity contribution is -0.143. The first-order valence-electron chi connectivity index (χ1n) is 13.3. The number of halogens is 1. The third-order valence-electron chi connectivity index (χ3n) is 10.1. The molecular formula is C29H39ClN2O2. The van der Waals surface area contributed by atoms with Gasteiger partial charge in [0.05, 0.1) is 0 Å². The summed E-state index contributed by atoms with van der Waals surface area (Å²) in [5.74, 6) is 2.52. The van der Waals surface area contributed by atoms with Gasteiger partial charge in [-0.1, -0.05) is 44.5 Å². The summed E-state index contributed by atoms with van der Waals surface area (Å²) in [5.41, 5.74) is 2.46. The molecule has 1 unspecified atom stereocenters. The van der Waals surface area contributed by atoms with Crippen LogP contribution in [0.3, 0.4) is 0 Å². The van der Waals surface area contributed by atoms with E-state index in [1.807, 2.05) is 24.3 Å². The lowest BCUT2D eigenvalue weighted by Crippen LogP contribution is -2.55. The van der Waals surface area contributed by atoms with Gasteiger partial charge in [-0.2, -0.15) is 0 Å². The van der Waals surface area contributed by atoms with Crippen LogP contribution in [-0.4, -0.2) is 35.4 Å². The number of hydrogen-bond donors (Lipinski definition) is 0. The van der Waals surface area contributed by atoms with E-state index in [2.05, 4.69) is 25.7 Å². The molecule has 0 N–H and O–H groups in total. The summed E-state index contributed by atoms with van der Waals surface area (Å²) < 4.78 is 0. The summed E-state index contributed by atoms with van der Waals surface area (Å²) >= 11 is 6.08. The van der Waals surface area contributed by atoms with Crippen molar-refractivity contribution in [2.45, 2.75) is 78.7 Å². The summed E-state index contributed by atoms with van der Waals surface area (Å²) in [6.45, 7) is 9.25. The summed E-state index contributed by atoms with van der Waals surface area (Å²) in [4.78, 5) is 33.2. The number of Topliss-reactive ketones (excluding diaryl/α,β-unsaturated/α-hetero) is 1. The van der Waals surface area contributed by atoms with Gasteiger partial charge in [-0.3, -0.25) is 14.6 Å². The van der Waals surface area contributed by atoms with E-state index in [1.165, 1.54) is 5.71 Å². The quantitative estimate of drug-likeness (QED) is 0.490. The Morgan fingerprint density at radius 2 is 1.88 bits per heavy atom. The van der Waals surface area contributed by atoms with E-state index in [0.717, 1.165) is 62.2 Å². The van der Waals surface area contributed by atoms with Crippen molar-refractivity contribution >= 4 is 29.0 Å². The maximum absolute atomic E-state index is 14.0. The SMILES string of the molecule is CCCN(Cc1ccc(Cl)cc1)C(=O)C1CC[C@H]2[C@@H]3CN=C4CC(=O)CC[C@]4(C)[C@@H]3CC[C@]12C. The summed E-state index contributed by atoms with van der Waals surface area (Å²) in [5, 5.41) is 0.731. The molecular weight excluding hydrogens is 444 g/mol. The van der Waals surface area contributed by atoms with Crippen LogP contribution in [0.1, 0.15) is 77.7 Å². The van der Waals surface area contributed by atoms with E-state index in [0.29, 0.717) is 48.8 Å². The van der Waals surface area contributed by atoms with E-state index >= 15 is 0 Å². The van der Waals surface area contributed by atoms with Crippen molar-refractivity contribution in [1.29, 1.82) is 0 Å². The van der Waals surface area contributed by atoms with Gasteiger partial charge in [0.1, 0.15) is 5.78 Å². The van der Waals surface area contributed by atoms with E-state index in [9.17, 15) is 9.59 Å². The molecule has 3 aliphatic carbocycles. The van der Waals surface area contributed by atoms with Crippen molar-refractivity contribution < 1.29 is 9.59 Å². The molecule has 0 saturated heterocycles. The van der Waals surface area contributed by atoms with Gasteiger partial charge in [-0.15, -0.1) is 0 Å². The van der Waals surface area contributed by atoms with Gasteiger partial charge in [0.2, 0.25) is 5.91 Å². The third-order valence-corrected chi connectivity index (χ3v) is 10.3. The molecule has 5 rings (SSSR count). The molecule has 3 saturated carbocycles. The lowest BCUT2D eigenvalue weighted by Gasteiger charge is -2.56. The van der Waals surface area contributed by atoms with Crippen LogP contribution >= 0.6 is 11.6 Å². The first-order chi connectivity index (χ1) is 16.3. The minimum atomic E-state index is 0.0537. The third kappa shape index (κ3) is 3.94. The fraction of sp³-hybridized carbons (Fsp3) is 0.690. The molecule has 1 heterocycles. The molecule has 5 heteroatoms. The van der Waals surface area contributed by atoms with Crippen molar-refractivity contribution in [2.75, 3.05) is 13.1 Å². The zero-order valence-electron chi connectivity index (χ0n) is 21.0. The zero-order valence-corrected chi connectivity index (χ0v) is 21.7. The second-order valence-electron chi connectivity index (χ2n) is 11.9. The number of ketones is 1. The Morgan fingerprint density at radius 1 is 1.12 bits per heavy atom. The highest BCUT2D eigenvalue weighted by molar-refractivity contribution is 6.30. The van der Waals surface area contributed by atoms with Crippen molar-refractivity contribution in [3.63, 3.8) is 0 Å². The van der Waals surface area contributed by atoms with Crippen molar-refractivity contribution in [1.82, 2.24) is 4.90 Å². The largest absolute Gasteiger partial charge is 0.338 e. The molecule has 1 amide bonds. The molecule has 184 valence electrons. The predicted molar refractivity (Wildman–Crippen MR) is 137 cm³/mol. The summed E-state index contributed by atoms with van der Waals surface area (Å²) in [7, 11) is 0. The monoisotopic (exact) mass is 482 g/mol. The van der Waals surface area contributed by atoms with Gasteiger partial charge < -0.3 is 4.90 Å². The highest BCUT2D eigenvalue weighted by Gasteiger charge is 2.60. The number of fused-ring (bicyclic) bond motifs is 5. The smallest absolute Gasteiger partial charge is 0.226 e. The molecule has 6 atom stereocenters. The Kier molecular flexibility index (Phi) is 6.42. The fourth-order valence-corrected chi connectivity index (χ4v) is 8.30. The number of rotatable bonds is 5. The topological polar surface area (TPSA) is 49.7 Å². The molecule has 1 aromatic rings. The first-order valence-corrected chi connectivity index (χ1v) is 13.7. The molecule has 3 fully saturated rings. The molecule has 1 aliphatic heterocycles. The zero-order chi connectivity index (χ0) is 24.1. The van der Waals surface area contributed by atoms with Crippen molar-refractivity contribution in [2.24, 2.45) is 39.5 Å². The summed E-state index contributed by atoms with van der Waals surface area (Å²) in [6.07, 6.45) is 7.61. The number of nitrogens with zero attached hydrogens (tertiary/aromatic N) is 2. The van der Waals surface area contributed by atoms with Crippen LogP contribution in [0.4, 0.5) is 0 Å². The van der Waals surface area contributed by atoms with Crippen molar-refractivity contribution in [3.05, 3.63) is 34.9 Å². The van der Waals surface area contributed by atoms with Gasteiger partial charge in [0, 0.05) is 54.5 Å². The first kappa shape index (κ1) is 24.0. The Bertz CT molecular complexity index is 988. The van der Waals surface area contributed by atoms with E-state index in [1.54, 1.807) is 0 Å². The van der Waals surface area contributed by atoms with Gasteiger partial charge in [-0.05, 0) is 79.4 Å². The van der Waals surface area contributed by atoms with E-state index < -0.39 is 0 Å². The second kappa shape index (κ2) is 9.08. The predicted octanol–water partition coefficient (Wildman–Crippen LogP) is 6.35. The average molecular weight is 483 g/mol. The van der Waals surface area contributed by atoms with Crippen LogP contribution in [0, 0.1) is 34.5 Å². The number of amides is 1. The van der Waals surface area contributed by atoms with Gasteiger partial charge in [-0.25, -0.2) is 0 Å². The maximum atomic E-state index is 14.0. The highest BCUT2D eigenvalue weighted by atomic mass is 35.5. The molecule has 0 radical (unpaired) electrons. The Hall–Kier alpha value is -1.68. The minimum Gasteiger partial charge on any atom is -0.338 e. The van der Waals surface area contributed by atoms with Crippen LogP contribution in [0.25, 0.3) is 0 Å². The lowest BCUT2D eigenvalue weighted by atomic mass is 9.49. The van der Waals surface area contributed by atoms with Gasteiger partial charge >= 0.3 is 0 Å². The number of hydrogen-bond acceptors (Lipinski definition) is 3. The van der Waals surface area contributed by atoms with Crippen LogP contribution in [-0.2, 0) is 16.1 Å². The minimum absolute atomic E-state index is 0.0537. The standard InChI is InChI=1S/C29H39ClN2O2/c1-4-15-32(18-19-5-7-20(30)8-6-19)27(34)25-10-9-23-22-17-31-26-16-21(33)11-13-29(26,3)24(22)12-14-28(23,25)2/h5-8,22-25H,4,9-18H2,1-3H3/t22-,23-,24+,25?,28-,29+/m0/s1. The van der Waals surface area contributed by atoms with Gasteiger partial charge in [0.25, 0.3) is 0 Å². The molecule has 0 spiro atoms. The number of aliphatic imine (C=N–C) groups is 1. The molecule has 4 aliphatic rings. The molecule has 34 heavy (non-hydrogen) atoms. The van der Waals surface area contributed by atoms with Crippen LogP contribution < -0.4 is 0 Å². The van der Waals surface area contributed by atoms with Crippen molar-refractivity contribution in [3.8, 4) is 0 Å². The molecule has 0 bridgehead atoms. The van der Waals surface area contributed by atoms with E-state index in [-0.39, 0.29) is 16.7 Å². The molecule has 1 aromatic carbocycles. The molecule has 4 nitrogen and oxygen atoms in total. The molecule has 0 aromatic heterocycles. The Balaban J connectivity index is 1.36. The second-order valence-corrected chi connectivity index (χ2v) is 12.3. The van der Waals surface area contributed by atoms with Crippen LogP contribution in [0.5, 0.6) is 0 Å². The number of benzene rings is 1. The maximum Gasteiger partial charge on any atom is 0.226 e. The average Bonchev–Trinajstić information content (AvgIpc) is 3.17. The Morgan fingerprint density at radius 3 is 2.62 bits per heavy atom. The number of carbonyl (C=O) groups excluding carboxylic acids is 2. The fourth-order valence-electron chi connectivity index (χ4n) is 8.18. The Labute approximate surface area is 209 Å². The number of carbonyl (C=O) groups is 2. The normalized spacial score (nSPS) is 36.8. The van der Waals surface area contributed by atoms with Crippen LogP contribution in [0.2, 0.25) is 5.02 Å². The summed E-state index contributed by atoms with van der Waals surface area (Å²) in [6, 6.07) is 7.90. The van der Waals surface area contributed by atoms with E-state index in [4.69, 9.17) is 16.6 Å². The van der Waals surface area contributed by atoms with Gasteiger partial charge in [0.15, 0.2) is 0 Å². The highest BCUT2D eigenvalue weighted by Crippen LogP contribution is 2.64.